The number of carbonyl (C=O) groups excluding carboxylic acids is 1. The lowest BCUT2D eigenvalue weighted by Gasteiger charge is -2.26. The Morgan fingerprint density at radius 1 is 0.923 bits per heavy atom. The minimum Gasteiger partial charge on any atom is -0.342 e. The van der Waals surface area contributed by atoms with E-state index in [9.17, 15) is 4.79 Å². The summed E-state index contributed by atoms with van der Waals surface area (Å²) in [6, 6.07) is 19.0. The van der Waals surface area contributed by atoms with E-state index >= 15 is 0 Å². The molecule has 4 rings (SSSR count). The van der Waals surface area contributed by atoms with Crippen LogP contribution in [0.3, 0.4) is 0 Å². The fourth-order valence-corrected chi connectivity index (χ4v) is 4.60. The summed E-state index contributed by atoms with van der Waals surface area (Å²) in [6.07, 6.45) is 5.75. The van der Waals surface area contributed by atoms with Gasteiger partial charge in [-0.05, 0) is 30.9 Å². The van der Waals surface area contributed by atoms with Crippen molar-refractivity contribution in [3.63, 3.8) is 0 Å². The van der Waals surface area contributed by atoms with E-state index in [1.807, 2.05) is 11.0 Å². The predicted octanol–water partition coefficient (Wildman–Crippen LogP) is 4.79. The number of thioether (sulfide) groups is 1. The lowest BCUT2D eigenvalue weighted by Crippen LogP contribution is -2.36. The second-order valence-electron chi connectivity index (χ2n) is 6.85. The van der Waals surface area contributed by atoms with Crippen molar-refractivity contribution in [3.8, 4) is 0 Å². The number of para-hydroxylation sites is 1. The Kier molecular flexibility index (Phi) is 5.30. The van der Waals surface area contributed by atoms with Crippen molar-refractivity contribution in [2.24, 2.45) is 0 Å². The van der Waals surface area contributed by atoms with E-state index in [0.29, 0.717) is 5.75 Å². The number of amides is 1. The summed E-state index contributed by atoms with van der Waals surface area (Å²) in [4.78, 5) is 15.7. The Labute approximate surface area is 159 Å². The van der Waals surface area contributed by atoms with E-state index in [1.54, 1.807) is 11.8 Å². The zero-order valence-electron chi connectivity index (χ0n) is 14.9. The summed E-state index contributed by atoms with van der Waals surface area (Å²) < 4.78 is 2.29. The molecule has 3 nitrogen and oxygen atoms in total. The molecule has 1 saturated heterocycles. The van der Waals surface area contributed by atoms with Crippen LogP contribution < -0.4 is 0 Å². The molecule has 0 aliphatic carbocycles. The number of nitrogens with zero attached hydrogens (tertiary/aromatic N) is 2. The number of aromatic nitrogens is 1. The third kappa shape index (κ3) is 3.80. The first kappa shape index (κ1) is 17.2. The molecule has 0 N–H and O–H groups in total. The maximum atomic E-state index is 12.5. The Balaban J connectivity index is 1.52. The van der Waals surface area contributed by atoms with Crippen molar-refractivity contribution < 1.29 is 4.79 Å². The van der Waals surface area contributed by atoms with Crippen LogP contribution in [0.1, 0.15) is 24.8 Å². The standard InChI is InChI=1S/C22H24N2OS/c25-22(23-13-7-2-8-14-23)17-26-21-16-24(15-18-9-3-1-4-10-18)20-12-6-5-11-19(20)21/h1,3-6,9-12,16H,2,7-8,13-15,17H2. The predicted molar refractivity (Wildman–Crippen MR) is 109 cm³/mol. The maximum absolute atomic E-state index is 12.5. The van der Waals surface area contributed by atoms with E-state index in [2.05, 4.69) is 59.3 Å². The van der Waals surface area contributed by atoms with Gasteiger partial charge in [0, 0.05) is 41.6 Å². The molecule has 0 atom stereocenters. The molecule has 1 fully saturated rings. The van der Waals surface area contributed by atoms with Crippen molar-refractivity contribution >= 4 is 28.6 Å². The molecule has 4 heteroatoms. The molecule has 0 radical (unpaired) electrons. The van der Waals surface area contributed by atoms with E-state index in [-0.39, 0.29) is 5.91 Å². The number of hydrogen-bond donors (Lipinski definition) is 0. The van der Waals surface area contributed by atoms with Crippen LogP contribution in [0.25, 0.3) is 10.9 Å². The molecule has 0 unspecified atom stereocenters. The quantitative estimate of drug-likeness (QED) is 0.608. The van der Waals surface area contributed by atoms with E-state index < -0.39 is 0 Å². The summed E-state index contributed by atoms with van der Waals surface area (Å²) in [5.74, 6) is 0.800. The van der Waals surface area contributed by atoms with Gasteiger partial charge in [-0.3, -0.25) is 4.79 Å². The number of carbonyl (C=O) groups is 1. The monoisotopic (exact) mass is 364 g/mol. The minimum absolute atomic E-state index is 0.273. The van der Waals surface area contributed by atoms with Gasteiger partial charge in [-0.15, -0.1) is 11.8 Å². The van der Waals surface area contributed by atoms with E-state index in [0.717, 1.165) is 32.5 Å². The Bertz CT molecular complexity index is 882. The average molecular weight is 365 g/mol. The van der Waals surface area contributed by atoms with Crippen molar-refractivity contribution in [1.29, 1.82) is 0 Å². The molecule has 2 aromatic carbocycles. The second-order valence-corrected chi connectivity index (χ2v) is 7.87. The van der Waals surface area contributed by atoms with Gasteiger partial charge in [-0.1, -0.05) is 48.5 Å². The molecule has 0 bridgehead atoms. The average Bonchev–Trinajstić information content (AvgIpc) is 3.05. The number of likely N-dealkylation sites (tertiary alicyclic amines) is 1. The zero-order valence-corrected chi connectivity index (χ0v) is 15.8. The van der Waals surface area contributed by atoms with Gasteiger partial charge in [0.05, 0.1) is 5.75 Å². The molecular formula is C22H24N2OS. The van der Waals surface area contributed by atoms with Crippen molar-refractivity contribution in [2.75, 3.05) is 18.8 Å². The molecule has 134 valence electrons. The second kappa shape index (κ2) is 8.00. The third-order valence-corrected chi connectivity index (χ3v) is 6.04. The Hall–Kier alpha value is -2.20. The largest absolute Gasteiger partial charge is 0.342 e. The number of benzene rings is 2. The highest BCUT2D eigenvalue weighted by Gasteiger charge is 2.17. The first-order valence-electron chi connectivity index (χ1n) is 9.33. The fourth-order valence-electron chi connectivity index (χ4n) is 3.61. The fraction of sp³-hybridized carbons (Fsp3) is 0.318. The highest BCUT2D eigenvalue weighted by molar-refractivity contribution is 8.00. The van der Waals surface area contributed by atoms with Gasteiger partial charge in [-0.25, -0.2) is 0 Å². The van der Waals surface area contributed by atoms with Crippen molar-refractivity contribution in [2.45, 2.75) is 30.7 Å². The van der Waals surface area contributed by atoms with Gasteiger partial charge >= 0.3 is 0 Å². The highest BCUT2D eigenvalue weighted by atomic mass is 32.2. The first-order valence-corrected chi connectivity index (χ1v) is 10.3. The van der Waals surface area contributed by atoms with Gasteiger partial charge in [0.15, 0.2) is 0 Å². The molecule has 1 aromatic heterocycles. The topological polar surface area (TPSA) is 25.2 Å². The summed E-state index contributed by atoms with van der Waals surface area (Å²) in [5.41, 5.74) is 2.51. The summed E-state index contributed by atoms with van der Waals surface area (Å²) in [6.45, 7) is 2.70. The molecule has 26 heavy (non-hydrogen) atoms. The summed E-state index contributed by atoms with van der Waals surface area (Å²) >= 11 is 1.67. The number of rotatable bonds is 5. The van der Waals surface area contributed by atoms with Crippen LogP contribution in [0.4, 0.5) is 0 Å². The van der Waals surface area contributed by atoms with Gasteiger partial charge < -0.3 is 9.47 Å². The molecular weight excluding hydrogens is 340 g/mol. The zero-order chi connectivity index (χ0) is 17.8. The maximum Gasteiger partial charge on any atom is 0.232 e. The third-order valence-electron chi connectivity index (χ3n) is 5.01. The van der Waals surface area contributed by atoms with Crippen LogP contribution in [-0.4, -0.2) is 34.2 Å². The van der Waals surface area contributed by atoms with Crippen LogP contribution in [0, 0.1) is 0 Å². The van der Waals surface area contributed by atoms with Crippen molar-refractivity contribution in [3.05, 3.63) is 66.4 Å². The molecule has 3 aromatic rings. The molecule has 0 spiro atoms. The Morgan fingerprint density at radius 3 is 2.46 bits per heavy atom. The smallest absolute Gasteiger partial charge is 0.232 e. The normalized spacial score (nSPS) is 14.7. The number of fused-ring (bicyclic) bond motifs is 1. The van der Waals surface area contributed by atoms with Crippen LogP contribution in [0.15, 0.2) is 65.7 Å². The molecule has 1 aliphatic heterocycles. The molecule has 1 aliphatic rings. The van der Waals surface area contributed by atoms with Crippen LogP contribution in [-0.2, 0) is 11.3 Å². The van der Waals surface area contributed by atoms with Gasteiger partial charge in [0.1, 0.15) is 0 Å². The van der Waals surface area contributed by atoms with E-state index in [1.165, 1.54) is 27.8 Å². The molecule has 0 saturated carbocycles. The minimum atomic E-state index is 0.273. The van der Waals surface area contributed by atoms with Crippen LogP contribution in [0.5, 0.6) is 0 Å². The summed E-state index contributed by atoms with van der Waals surface area (Å²) in [5, 5.41) is 1.24. The highest BCUT2D eigenvalue weighted by Crippen LogP contribution is 2.31. The number of piperidine rings is 1. The molecule has 1 amide bonds. The van der Waals surface area contributed by atoms with Crippen LogP contribution in [0.2, 0.25) is 0 Å². The number of hydrogen-bond acceptors (Lipinski definition) is 2. The molecule has 2 heterocycles. The first-order chi connectivity index (χ1) is 12.8. The lowest BCUT2D eigenvalue weighted by atomic mass is 10.1. The Morgan fingerprint density at radius 2 is 1.65 bits per heavy atom. The SMILES string of the molecule is O=C(CSc1cn(Cc2ccccc2)c2ccccc12)N1CCCCC1. The van der Waals surface area contributed by atoms with E-state index in [4.69, 9.17) is 0 Å². The van der Waals surface area contributed by atoms with Gasteiger partial charge in [0.2, 0.25) is 5.91 Å². The van der Waals surface area contributed by atoms with Crippen LogP contribution >= 0.6 is 11.8 Å². The van der Waals surface area contributed by atoms with Gasteiger partial charge in [-0.2, -0.15) is 0 Å². The lowest BCUT2D eigenvalue weighted by molar-refractivity contribution is -0.129. The van der Waals surface area contributed by atoms with Gasteiger partial charge in [0.25, 0.3) is 0 Å². The summed E-state index contributed by atoms with van der Waals surface area (Å²) in [7, 11) is 0. The van der Waals surface area contributed by atoms with Crippen molar-refractivity contribution in [1.82, 2.24) is 9.47 Å².